The number of carbonyl (C=O) groups is 2. The van der Waals surface area contributed by atoms with E-state index in [2.05, 4.69) is 5.32 Å². The van der Waals surface area contributed by atoms with Gasteiger partial charge in [-0.3, -0.25) is 9.59 Å². The standard InChI is InChI=1S/C21H22Cl2N2O3/c1-28-18-6-3-15(4-7-18)21(27)25-10-8-14(9-11-25)20(26)24-13-16-2-5-17(22)12-19(16)23/h2-7,12,14H,8-11,13H2,1H3,(H,24,26). The van der Waals surface area contributed by atoms with Gasteiger partial charge in [0, 0.05) is 41.2 Å². The summed E-state index contributed by atoms with van der Waals surface area (Å²) in [5.74, 6) is 0.579. The number of hydrogen-bond donors (Lipinski definition) is 1. The fourth-order valence-electron chi connectivity index (χ4n) is 3.25. The molecular weight excluding hydrogens is 399 g/mol. The number of carbonyl (C=O) groups excluding carboxylic acids is 2. The first-order chi connectivity index (χ1) is 13.5. The van der Waals surface area contributed by atoms with Gasteiger partial charge >= 0.3 is 0 Å². The van der Waals surface area contributed by atoms with Crippen molar-refractivity contribution in [1.82, 2.24) is 10.2 Å². The average molecular weight is 421 g/mol. The Labute approximate surface area is 174 Å². The summed E-state index contributed by atoms with van der Waals surface area (Å²) in [6, 6.07) is 12.3. The maximum absolute atomic E-state index is 12.6. The number of likely N-dealkylation sites (tertiary alicyclic amines) is 1. The van der Waals surface area contributed by atoms with E-state index in [1.54, 1.807) is 54.5 Å². The molecule has 1 saturated heterocycles. The van der Waals surface area contributed by atoms with Crippen LogP contribution < -0.4 is 10.1 Å². The van der Waals surface area contributed by atoms with Crippen LogP contribution in [0.2, 0.25) is 10.0 Å². The molecule has 28 heavy (non-hydrogen) atoms. The zero-order valence-corrected chi connectivity index (χ0v) is 17.1. The molecule has 0 radical (unpaired) electrons. The van der Waals surface area contributed by atoms with Crippen LogP contribution in [0, 0.1) is 5.92 Å². The van der Waals surface area contributed by atoms with E-state index in [0.717, 1.165) is 5.56 Å². The lowest BCUT2D eigenvalue weighted by Crippen LogP contribution is -2.42. The Morgan fingerprint density at radius 2 is 1.79 bits per heavy atom. The average Bonchev–Trinajstić information content (AvgIpc) is 2.72. The quantitative estimate of drug-likeness (QED) is 0.789. The van der Waals surface area contributed by atoms with Gasteiger partial charge in [0.1, 0.15) is 5.75 Å². The summed E-state index contributed by atoms with van der Waals surface area (Å²) in [5, 5.41) is 4.03. The Morgan fingerprint density at radius 1 is 1.11 bits per heavy atom. The number of nitrogens with zero attached hydrogens (tertiary/aromatic N) is 1. The molecule has 0 atom stereocenters. The van der Waals surface area contributed by atoms with Crippen molar-refractivity contribution in [2.75, 3.05) is 20.2 Å². The molecule has 1 N–H and O–H groups in total. The van der Waals surface area contributed by atoms with E-state index >= 15 is 0 Å². The van der Waals surface area contributed by atoms with Crippen molar-refractivity contribution in [1.29, 1.82) is 0 Å². The van der Waals surface area contributed by atoms with E-state index in [0.29, 0.717) is 53.8 Å². The number of rotatable bonds is 5. The summed E-state index contributed by atoms with van der Waals surface area (Å²) < 4.78 is 5.12. The predicted molar refractivity (Wildman–Crippen MR) is 110 cm³/mol. The fraction of sp³-hybridized carbons (Fsp3) is 0.333. The van der Waals surface area contributed by atoms with Gasteiger partial charge < -0.3 is 15.0 Å². The highest BCUT2D eigenvalue weighted by Crippen LogP contribution is 2.23. The van der Waals surface area contributed by atoms with Gasteiger partial charge in [-0.25, -0.2) is 0 Å². The van der Waals surface area contributed by atoms with Crippen molar-refractivity contribution >= 4 is 35.0 Å². The Balaban J connectivity index is 1.49. The van der Waals surface area contributed by atoms with Crippen molar-refractivity contribution in [2.24, 2.45) is 5.92 Å². The van der Waals surface area contributed by atoms with Crippen LogP contribution in [0.25, 0.3) is 0 Å². The first-order valence-corrected chi connectivity index (χ1v) is 9.88. The molecule has 7 heteroatoms. The molecule has 1 fully saturated rings. The molecule has 148 valence electrons. The monoisotopic (exact) mass is 420 g/mol. The minimum atomic E-state index is -0.106. The molecular formula is C21H22Cl2N2O3. The lowest BCUT2D eigenvalue weighted by molar-refractivity contribution is -0.126. The van der Waals surface area contributed by atoms with E-state index in [-0.39, 0.29) is 17.7 Å². The van der Waals surface area contributed by atoms with Crippen molar-refractivity contribution in [3.8, 4) is 5.75 Å². The molecule has 0 bridgehead atoms. The number of nitrogens with one attached hydrogen (secondary N) is 1. The molecule has 2 aromatic rings. The molecule has 0 spiro atoms. The molecule has 5 nitrogen and oxygen atoms in total. The number of hydrogen-bond acceptors (Lipinski definition) is 3. The Morgan fingerprint density at radius 3 is 2.39 bits per heavy atom. The van der Waals surface area contributed by atoms with Gasteiger partial charge in [-0.1, -0.05) is 29.3 Å². The van der Waals surface area contributed by atoms with Crippen LogP contribution in [-0.4, -0.2) is 36.9 Å². The lowest BCUT2D eigenvalue weighted by atomic mass is 9.95. The minimum Gasteiger partial charge on any atom is -0.497 e. The largest absolute Gasteiger partial charge is 0.497 e. The normalized spacial score (nSPS) is 14.6. The van der Waals surface area contributed by atoms with Crippen molar-refractivity contribution in [3.05, 3.63) is 63.6 Å². The number of amides is 2. The fourth-order valence-corrected chi connectivity index (χ4v) is 3.73. The van der Waals surface area contributed by atoms with Crippen molar-refractivity contribution in [2.45, 2.75) is 19.4 Å². The molecule has 0 unspecified atom stereocenters. The van der Waals surface area contributed by atoms with Gasteiger partial charge in [0.25, 0.3) is 5.91 Å². The van der Waals surface area contributed by atoms with Crippen LogP contribution in [0.5, 0.6) is 5.75 Å². The molecule has 3 rings (SSSR count). The van der Waals surface area contributed by atoms with Crippen LogP contribution in [0.4, 0.5) is 0 Å². The van der Waals surface area contributed by atoms with E-state index in [1.165, 1.54) is 0 Å². The summed E-state index contributed by atoms with van der Waals surface area (Å²) >= 11 is 12.0. The third kappa shape index (κ3) is 4.97. The molecule has 1 aliphatic rings. The van der Waals surface area contributed by atoms with Crippen LogP contribution in [0.3, 0.4) is 0 Å². The summed E-state index contributed by atoms with van der Waals surface area (Å²) in [6.07, 6.45) is 1.28. The molecule has 0 aromatic heterocycles. The third-order valence-electron chi connectivity index (χ3n) is 4.96. The van der Waals surface area contributed by atoms with Crippen LogP contribution in [0.15, 0.2) is 42.5 Å². The number of methoxy groups -OCH3 is 1. The Kier molecular flexibility index (Phi) is 6.81. The van der Waals surface area contributed by atoms with Crippen LogP contribution in [0.1, 0.15) is 28.8 Å². The first kappa shape index (κ1) is 20.5. The number of benzene rings is 2. The second-order valence-corrected chi connectivity index (χ2v) is 7.59. The van der Waals surface area contributed by atoms with Gasteiger partial charge in [-0.2, -0.15) is 0 Å². The summed E-state index contributed by atoms with van der Waals surface area (Å²) in [7, 11) is 1.59. The van der Waals surface area contributed by atoms with E-state index in [4.69, 9.17) is 27.9 Å². The highest BCUT2D eigenvalue weighted by atomic mass is 35.5. The Bertz CT molecular complexity index is 847. The molecule has 1 heterocycles. The topological polar surface area (TPSA) is 58.6 Å². The maximum atomic E-state index is 12.6. The second-order valence-electron chi connectivity index (χ2n) is 6.75. The van der Waals surface area contributed by atoms with Gasteiger partial charge in [-0.05, 0) is 54.8 Å². The number of piperidine rings is 1. The van der Waals surface area contributed by atoms with E-state index < -0.39 is 0 Å². The third-order valence-corrected chi connectivity index (χ3v) is 5.55. The summed E-state index contributed by atoms with van der Waals surface area (Å²) in [5.41, 5.74) is 1.45. The van der Waals surface area contributed by atoms with Crippen molar-refractivity contribution in [3.63, 3.8) is 0 Å². The molecule has 0 saturated carbocycles. The number of ether oxygens (including phenoxy) is 1. The van der Waals surface area contributed by atoms with Gasteiger partial charge in [-0.15, -0.1) is 0 Å². The minimum absolute atomic E-state index is 0.0115. The molecule has 1 aliphatic heterocycles. The van der Waals surface area contributed by atoms with Crippen LogP contribution in [-0.2, 0) is 11.3 Å². The zero-order valence-electron chi connectivity index (χ0n) is 15.6. The van der Waals surface area contributed by atoms with E-state index in [9.17, 15) is 9.59 Å². The SMILES string of the molecule is COc1ccc(C(=O)N2CCC(C(=O)NCc3ccc(Cl)cc3Cl)CC2)cc1. The van der Waals surface area contributed by atoms with Crippen LogP contribution >= 0.6 is 23.2 Å². The summed E-state index contributed by atoms with van der Waals surface area (Å²) in [6.45, 7) is 1.48. The lowest BCUT2D eigenvalue weighted by Gasteiger charge is -2.31. The molecule has 2 aromatic carbocycles. The predicted octanol–water partition coefficient (Wildman–Crippen LogP) is 4.17. The highest BCUT2D eigenvalue weighted by molar-refractivity contribution is 6.35. The zero-order chi connectivity index (χ0) is 20.1. The Hall–Kier alpha value is -2.24. The highest BCUT2D eigenvalue weighted by Gasteiger charge is 2.27. The second kappa shape index (κ2) is 9.30. The molecule has 0 aliphatic carbocycles. The maximum Gasteiger partial charge on any atom is 0.253 e. The van der Waals surface area contributed by atoms with Gasteiger partial charge in [0.2, 0.25) is 5.91 Å². The molecule has 2 amide bonds. The smallest absolute Gasteiger partial charge is 0.253 e. The van der Waals surface area contributed by atoms with E-state index in [1.807, 2.05) is 0 Å². The number of halogens is 2. The van der Waals surface area contributed by atoms with Crippen molar-refractivity contribution < 1.29 is 14.3 Å². The summed E-state index contributed by atoms with van der Waals surface area (Å²) in [4.78, 5) is 26.9. The van der Waals surface area contributed by atoms with Gasteiger partial charge in [0.15, 0.2) is 0 Å². The first-order valence-electron chi connectivity index (χ1n) is 9.13. The van der Waals surface area contributed by atoms with Gasteiger partial charge in [0.05, 0.1) is 7.11 Å².